The molecule has 0 aliphatic rings. The Bertz CT molecular complexity index is 804. The second-order valence-electron chi connectivity index (χ2n) is 6.50. The number of rotatable bonds is 7. The average Bonchev–Trinajstić information content (AvgIpc) is 2.62. The van der Waals surface area contributed by atoms with Crippen molar-refractivity contribution >= 4 is 17.5 Å². The van der Waals surface area contributed by atoms with Crippen molar-refractivity contribution in [3.63, 3.8) is 0 Å². The normalized spacial score (nSPS) is 10.6. The van der Waals surface area contributed by atoms with Crippen molar-refractivity contribution in [1.29, 1.82) is 0 Å². The number of nitrogens with one attached hydrogen (secondary N) is 1. The molecule has 0 saturated heterocycles. The molecule has 0 atom stereocenters. The van der Waals surface area contributed by atoms with Crippen LogP contribution in [-0.2, 0) is 4.79 Å². The van der Waals surface area contributed by atoms with Crippen LogP contribution in [0.5, 0.6) is 5.75 Å². The summed E-state index contributed by atoms with van der Waals surface area (Å²) in [4.78, 5) is 26.7. The van der Waals surface area contributed by atoms with Gasteiger partial charge in [0.15, 0.2) is 0 Å². The van der Waals surface area contributed by atoms with Crippen LogP contribution in [0.1, 0.15) is 36.7 Å². The number of ether oxygens (including phenoxy) is 1. The van der Waals surface area contributed by atoms with Gasteiger partial charge in [0.1, 0.15) is 18.1 Å². The quantitative estimate of drug-likeness (QED) is 0.799. The van der Waals surface area contributed by atoms with Gasteiger partial charge < -0.3 is 15.0 Å². The van der Waals surface area contributed by atoms with Gasteiger partial charge in [-0.05, 0) is 75.7 Å². The first kappa shape index (κ1) is 20.4. The van der Waals surface area contributed by atoms with E-state index < -0.39 is 0 Å². The van der Waals surface area contributed by atoms with Crippen LogP contribution in [0.3, 0.4) is 0 Å². The van der Waals surface area contributed by atoms with Crippen LogP contribution in [0.2, 0.25) is 0 Å². The van der Waals surface area contributed by atoms with Crippen LogP contribution in [-0.4, -0.2) is 35.9 Å². The Morgan fingerprint density at radius 1 is 1.15 bits per heavy atom. The number of benzene rings is 2. The molecule has 0 heterocycles. The van der Waals surface area contributed by atoms with Gasteiger partial charge in [0.05, 0.1) is 6.61 Å². The molecule has 0 unspecified atom stereocenters. The Hall–Kier alpha value is -2.89. The molecule has 1 N–H and O–H groups in total. The Labute approximate surface area is 159 Å². The second kappa shape index (κ2) is 9.16. The molecule has 0 radical (unpaired) electrons. The first-order chi connectivity index (χ1) is 12.8. The predicted molar refractivity (Wildman–Crippen MR) is 104 cm³/mol. The summed E-state index contributed by atoms with van der Waals surface area (Å²) in [6.45, 7) is 7.94. The molecule has 6 heteroatoms. The van der Waals surface area contributed by atoms with Crippen LogP contribution in [0.15, 0.2) is 42.5 Å². The van der Waals surface area contributed by atoms with Crippen LogP contribution in [0.25, 0.3) is 0 Å². The van der Waals surface area contributed by atoms with E-state index in [1.54, 1.807) is 18.2 Å². The van der Waals surface area contributed by atoms with E-state index in [1.807, 2.05) is 27.7 Å². The summed E-state index contributed by atoms with van der Waals surface area (Å²) in [5, 5.41) is 2.68. The highest BCUT2D eigenvalue weighted by Gasteiger charge is 2.22. The molecule has 0 spiro atoms. The molecule has 0 saturated carbocycles. The molecule has 2 aromatic carbocycles. The molecular formula is C21H25FN2O3. The number of halogens is 1. The van der Waals surface area contributed by atoms with E-state index in [-0.39, 0.29) is 30.2 Å². The maximum absolute atomic E-state index is 13.0. The Morgan fingerprint density at radius 3 is 2.37 bits per heavy atom. The fraction of sp³-hybridized carbons (Fsp3) is 0.333. The lowest BCUT2D eigenvalue weighted by Gasteiger charge is -2.26. The Morgan fingerprint density at radius 2 is 1.81 bits per heavy atom. The molecule has 5 nitrogen and oxygen atoms in total. The summed E-state index contributed by atoms with van der Waals surface area (Å²) in [5.41, 5.74) is 1.84. The zero-order valence-electron chi connectivity index (χ0n) is 16.1. The van der Waals surface area contributed by atoms with E-state index in [2.05, 4.69) is 5.32 Å². The van der Waals surface area contributed by atoms with Crippen molar-refractivity contribution in [3.8, 4) is 5.75 Å². The van der Waals surface area contributed by atoms with Crippen molar-refractivity contribution in [1.82, 2.24) is 4.90 Å². The third kappa shape index (κ3) is 5.54. The number of amides is 2. The lowest BCUT2D eigenvalue weighted by atomic mass is 10.1. The third-order valence-corrected chi connectivity index (χ3v) is 4.05. The van der Waals surface area contributed by atoms with Crippen molar-refractivity contribution in [2.75, 3.05) is 18.5 Å². The number of hydrogen-bond donors (Lipinski definition) is 1. The van der Waals surface area contributed by atoms with Crippen LogP contribution in [0, 0.1) is 12.7 Å². The zero-order chi connectivity index (χ0) is 20.0. The van der Waals surface area contributed by atoms with Gasteiger partial charge >= 0.3 is 0 Å². The number of hydrogen-bond acceptors (Lipinski definition) is 3. The first-order valence-electron chi connectivity index (χ1n) is 8.91. The number of nitrogens with zero attached hydrogens (tertiary/aromatic N) is 1. The van der Waals surface area contributed by atoms with E-state index in [9.17, 15) is 14.0 Å². The average molecular weight is 372 g/mol. The summed E-state index contributed by atoms with van der Waals surface area (Å²) < 4.78 is 18.5. The van der Waals surface area contributed by atoms with Crippen LogP contribution >= 0.6 is 0 Å². The molecule has 27 heavy (non-hydrogen) atoms. The van der Waals surface area contributed by atoms with Crippen molar-refractivity contribution < 1.29 is 18.7 Å². The van der Waals surface area contributed by atoms with Gasteiger partial charge in [-0.25, -0.2) is 4.39 Å². The van der Waals surface area contributed by atoms with Gasteiger partial charge in [0.25, 0.3) is 5.91 Å². The second-order valence-corrected chi connectivity index (χ2v) is 6.50. The van der Waals surface area contributed by atoms with E-state index in [4.69, 9.17) is 4.74 Å². The predicted octanol–water partition coefficient (Wildman–Crippen LogP) is 4.02. The highest BCUT2D eigenvalue weighted by atomic mass is 19.1. The smallest absolute Gasteiger partial charge is 0.254 e. The summed E-state index contributed by atoms with van der Waals surface area (Å²) in [5.74, 6) is -0.214. The van der Waals surface area contributed by atoms with E-state index in [0.717, 1.165) is 11.3 Å². The molecule has 144 valence electrons. The highest BCUT2D eigenvalue weighted by Crippen LogP contribution is 2.21. The van der Waals surface area contributed by atoms with E-state index >= 15 is 0 Å². The maximum atomic E-state index is 13.0. The number of aryl methyl sites for hydroxylation is 1. The zero-order valence-corrected chi connectivity index (χ0v) is 16.1. The molecule has 0 aliphatic carbocycles. The molecule has 0 aliphatic heterocycles. The van der Waals surface area contributed by atoms with Gasteiger partial charge in [-0.15, -0.1) is 0 Å². The lowest BCUT2D eigenvalue weighted by Crippen LogP contribution is -2.42. The largest absolute Gasteiger partial charge is 0.494 e. The fourth-order valence-electron chi connectivity index (χ4n) is 2.64. The monoisotopic (exact) mass is 372 g/mol. The fourth-order valence-corrected chi connectivity index (χ4v) is 2.64. The third-order valence-electron chi connectivity index (χ3n) is 4.05. The molecule has 0 fully saturated rings. The summed E-state index contributed by atoms with van der Waals surface area (Å²) in [6, 6.07) is 10.6. The summed E-state index contributed by atoms with van der Waals surface area (Å²) >= 11 is 0. The summed E-state index contributed by atoms with van der Waals surface area (Å²) in [6.07, 6.45) is 0. The standard InChI is InChI=1S/C21H25FN2O3/c1-5-27-19-11-6-16(12-15(19)4)21(26)24(14(2)3)13-20(25)23-18-9-7-17(22)8-10-18/h6-12,14H,5,13H2,1-4H3,(H,23,25). The molecular weight excluding hydrogens is 347 g/mol. The van der Waals surface area contributed by atoms with Crippen molar-refractivity contribution in [2.24, 2.45) is 0 Å². The minimum absolute atomic E-state index is 0.0971. The molecule has 2 rings (SSSR count). The maximum Gasteiger partial charge on any atom is 0.254 e. The number of anilines is 1. The van der Waals surface area contributed by atoms with Gasteiger partial charge in [0, 0.05) is 17.3 Å². The van der Waals surface area contributed by atoms with Gasteiger partial charge in [0.2, 0.25) is 5.91 Å². The molecule has 2 aromatic rings. The SMILES string of the molecule is CCOc1ccc(C(=O)N(CC(=O)Nc2ccc(F)cc2)C(C)C)cc1C. The lowest BCUT2D eigenvalue weighted by molar-refractivity contribution is -0.117. The molecule has 2 amide bonds. The number of carbonyl (C=O) groups is 2. The minimum Gasteiger partial charge on any atom is -0.494 e. The molecule has 0 bridgehead atoms. The number of carbonyl (C=O) groups excluding carboxylic acids is 2. The Balaban J connectivity index is 2.11. The van der Waals surface area contributed by atoms with Gasteiger partial charge in [-0.2, -0.15) is 0 Å². The van der Waals surface area contributed by atoms with Gasteiger partial charge in [-0.1, -0.05) is 0 Å². The van der Waals surface area contributed by atoms with Crippen molar-refractivity contribution in [3.05, 3.63) is 59.4 Å². The van der Waals surface area contributed by atoms with Crippen molar-refractivity contribution in [2.45, 2.75) is 33.7 Å². The topological polar surface area (TPSA) is 58.6 Å². The Kier molecular flexibility index (Phi) is 6.93. The summed E-state index contributed by atoms with van der Waals surface area (Å²) in [7, 11) is 0. The first-order valence-corrected chi connectivity index (χ1v) is 8.91. The van der Waals surface area contributed by atoms with E-state index in [0.29, 0.717) is 17.9 Å². The van der Waals surface area contributed by atoms with E-state index in [1.165, 1.54) is 29.2 Å². The van der Waals surface area contributed by atoms with Crippen LogP contribution < -0.4 is 10.1 Å². The minimum atomic E-state index is -0.377. The van der Waals surface area contributed by atoms with Crippen LogP contribution in [0.4, 0.5) is 10.1 Å². The highest BCUT2D eigenvalue weighted by molar-refractivity contribution is 5.99. The molecule has 0 aromatic heterocycles. The van der Waals surface area contributed by atoms with Gasteiger partial charge in [-0.3, -0.25) is 9.59 Å².